The van der Waals surface area contributed by atoms with Crippen LogP contribution in [0.5, 0.6) is 0 Å². The molecule has 0 unspecified atom stereocenters. The molecule has 0 aromatic rings. The Kier molecular flexibility index (Phi) is 7.54. The Bertz CT molecular complexity index is 361. The predicted octanol–water partition coefficient (Wildman–Crippen LogP) is 2.87. The summed E-state index contributed by atoms with van der Waals surface area (Å²) in [4.78, 5) is 25.6. The average molecular weight is 310 g/mol. The number of likely N-dealkylation sites (tertiary alicyclic amines) is 1. The van der Waals surface area contributed by atoms with Crippen LogP contribution in [0.4, 0.5) is 0 Å². The zero-order chi connectivity index (χ0) is 16.8. The molecule has 0 bridgehead atoms. The summed E-state index contributed by atoms with van der Waals surface area (Å²) in [7, 11) is 0. The van der Waals surface area contributed by atoms with Gasteiger partial charge in [0.15, 0.2) is 0 Å². The number of carbonyl (C=O) groups excluding carboxylic acids is 2. The van der Waals surface area contributed by atoms with E-state index in [0.29, 0.717) is 17.1 Å². The van der Waals surface area contributed by atoms with E-state index in [4.69, 9.17) is 0 Å². The van der Waals surface area contributed by atoms with Crippen LogP contribution < -0.4 is 5.32 Å². The van der Waals surface area contributed by atoms with Gasteiger partial charge < -0.3 is 10.2 Å². The highest BCUT2D eigenvalue weighted by Crippen LogP contribution is 2.37. The van der Waals surface area contributed by atoms with Gasteiger partial charge in [-0.3, -0.25) is 9.59 Å². The number of rotatable bonds is 2. The molecule has 0 aromatic carbocycles. The first-order valence-electron chi connectivity index (χ1n) is 9.10. The molecule has 1 aliphatic carbocycles. The summed E-state index contributed by atoms with van der Waals surface area (Å²) in [6, 6.07) is 0. The summed E-state index contributed by atoms with van der Waals surface area (Å²) in [6.07, 6.45) is 3.63. The average Bonchev–Trinajstić information content (AvgIpc) is 2.48. The van der Waals surface area contributed by atoms with Gasteiger partial charge in [-0.1, -0.05) is 27.7 Å². The van der Waals surface area contributed by atoms with Crippen LogP contribution in [0.3, 0.4) is 0 Å². The van der Waals surface area contributed by atoms with Crippen molar-refractivity contribution in [1.82, 2.24) is 10.2 Å². The number of ketones is 1. The molecule has 4 nitrogen and oxygen atoms in total. The normalized spacial score (nSPS) is 28.1. The summed E-state index contributed by atoms with van der Waals surface area (Å²) < 4.78 is 0. The fourth-order valence-electron chi connectivity index (χ4n) is 3.63. The Morgan fingerprint density at radius 3 is 1.73 bits per heavy atom. The standard InChI is InChI=1S/C14H22N2O2.2C2H6/c1-10(17)11-2-4-12(5-3-11)13(18)16-8-14(9-16)6-15-7-14;2*1-2/h11-12,15H,2-9H2,1H3;2*1-2H3. The Morgan fingerprint density at radius 1 is 0.909 bits per heavy atom. The highest BCUT2D eigenvalue weighted by Gasteiger charge is 2.50. The van der Waals surface area contributed by atoms with Crippen LogP contribution in [-0.4, -0.2) is 42.8 Å². The minimum Gasteiger partial charge on any atom is -0.341 e. The van der Waals surface area contributed by atoms with Crippen LogP contribution in [0.2, 0.25) is 0 Å². The van der Waals surface area contributed by atoms with Crippen molar-refractivity contribution in [2.45, 2.75) is 60.3 Å². The summed E-state index contributed by atoms with van der Waals surface area (Å²) in [5.74, 6) is 1.04. The van der Waals surface area contributed by atoms with Gasteiger partial charge in [0.1, 0.15) is 5.78 Å². The van der Waals surface area contributed by atoms with Crippen molar-refractivity contribution in [3.63, 3.8) is 0 Å². The number of hydrogen-bond acceptors (Lipinski definition) is 3. The largest absolute Gasteiger partial charge is 0.341 e. The molecule has 1 spiro atoms. The molecule has 3 rings (SSSR count). The van der Waals surface area contributed by atoms with E-state index in [1.54, 1.807) is 6.92 Å². The zero-order valence-corrected chi connectivity index (χ0v) is 15.1. The lowest BCUT2D eigenvalue weighted by atomic mass is 9.73. The first-order chi connectivity index (χ1) is 10.6. The van der Waals surface area contributed by atoms with Crippen LogP contribution >= 0.6 is 0 Å². The number of nitrogens with one attached hydrogen (secondary N) is 1. The minimum atomic E-state index is 0.186. The van der Waals surface area contributed by atoms with Gasteiger partial charge in [0.2, 0.25) is 5.91 Å². The molecule has 2 aliphatic heterocycles. The third-order valence-electron chi connectivity index (χ3n) is 5.02. The van der Waals surface area contributed by atoms with E-state index < -0.39 is 0 Å². The van der Waals surface area contributed by atoms with Crippen molar-refractivity contribution < 1.29 is 9.59 Å². The van der Waals surface area contributed by atoms with Crippen LogP contribution in [-0.2, 0) is 9.59 Å². The molecule has 0 aromatic heterocycles. The van der Waals surface area contributed by atoms with Gasteiger partial charge in [-0.15, -0.1) is 0 Å². The lowest BCUT2D eigenvalue weighted by Gasteiger charge is -2.56. The van der Waals surface area contributed by atoms with Crippen molar-refractivity contribution in [2.24, 2.45) is 17.3 Å². The highest BCUT2D eigenvalue weighted by atomic mass is 16.2. The van der Waals surface area contributed by atoms with Crippen molar-refractivity contribution in [3.8, 4) is 0 Å². The second-order valence-electron chi connectivity index (χ2n) is 6.46. The zero-order valence-electron chi connectivity index (χ0n) is 15.1. The van der Waals surface area contributed by atoms with Gasteiger partial charge in [-0.05, 0) is 32.6 Å². The van der Waals surface area contributed by atoms with Crippen LogP contribution in [0, 0.1) is 17.3 Å². The van der Waals surface area contributed by atoms with Gasteiger partial charge in [0.25, 0.3) is 0 Å². The molecule has 22 heavy (non-hydrogen) atoms. The highest BCUT2D eigenvalue weighted by molar-refractivity contribution is 5.81. The third kappa shape index (κ3) is 4.09. The molecule has 0 atom stereocenters. The lowest BCUT2D eigenvalue weighted by molar-refractivity contribution is -0.153. The Morgan fingerprint density at radius 2 is 1.36 bits per heavy atom. The van der Waals surface area contributed by atoms with Gasteiger partial charge >= 0.3 is 0 Å². The molecule has 0 radical (unpaired) electrons. The summed E-state index contributed by atoms with van der Waals surface area (Å²) in [5.41, 5.74) is 0.423. The molecule has 1 amide bonds. The second kappa shape index (κ2) is 8.66. The minimum absolute atomic E-state index is 0.186. The predicted molar refractivity (Wildman–Crippen MR) is 90.7 cm³/mol. The first kappa shape index (κ1) is 19.1. The molecule has 3 aliphatic rings. The Balaban J connectivity index is 0.000000561. The lowest BCUT2D eigenvalue weighted by Crippen LogP contribution is -2.72. The topological polar surface area (TPSA) is 49.4 Å². The fraction of sp³-hybridized carbons (Fsp3) is 0.889. The van der Waals surface area contributed by atoms with E-state index in [-0.39, 0.29) is 11.8 Å². The van der Waals surface area contributed by atoms with Crippen molar-refractivity contribution in [1.29, 1.82) is 0 Å². The number of carbonyl (C=O) groups is 2. The quantitative estimate of drug-likeness (QED) is 0.853. The first-order valence-corrected chi connectivity index (χ1v) is 9.10. The molecule has 4 heteroatoms. The maximum atomic E-state index is 12.3. The molecule has 1 N–H and O–H groups in total. The summed E-state index contributed by atoms with van der Waals surface area (Å²) in [6.45, 7) is 13.7. The van der Waals surface area contributed by atoms with Gasteiger partial charge in [-0.25, -0.2) is 0 Å². The number of amides is 1. The number of hydrogen-bond donors (Lipinski definition) is 1. The maximum Gasteiger partial charge on any atom is 0.225 e. The van der Waals surface area contributed by atoms with Gasteiger partial charge in [-0.2, -0.15) is 0 Å². The van der Waals surface area contributed by atoms with Crippen LogP contribution in [0.25, 0.3) is 0 Å². The van der Waals surface area contributed by atoms with E-state index in [1.165, 1.54) is 0 Å². The van der Waals surface area contributed by atoms with E-state index in [1.807, 2.05) is 32.6 Å². The molecule has 128 valence electrons. The van der Waals surface area contributed by atoms with Gasteiger partial charge in [0, 0.05) is 43.4 Å². The van der Waals surface area contributed by atoms with Gasteiger partial charge in [0.05, 0.1) is 0 Å². The summed E-state index contributed by atoms with van der Waals surface area (Å²) >= 11 is 0. The molecule has 1 saturated carbocycles. The summed E-state index contributed by atoms with van der Waals surface area (Å²) in [5, 5.41) is 3.29. The Labute approximate surface area is 136 Å². The molecule has 2 heterocycles. The Hall–Kier alpha value is -0.900. The van der Waals surface area contributed by atoms with E-state index in [2.05, 4.69) is 5.32 Å². The van der Waals surface area contributed by atoms with E-state index in [0.717, 1.165) is 51.9 Å². The van der Waals surface area contributed by atoms with Crippen LogP contribution in [0.1, 0.15) is 60.3 Å². The second-order valence-corrected chi connectivity index (χ2v) is 6.46. The number of nitrogens with zero attached hydrogens (tertiary/aromatic N) is 1. The van der Waals surface area contributed by atoms with Crippen molar-refractivity contribution in [3.05, 3.63) is 0 Å². The molecular weight excluding hydrogens is 276 g/mol. The van der Waals surface area contributed by atoms with Crippen LogP contribution in [0.15, 0.2) is 0 Å². The van der Waals surface area contributed by atoms with E-state index >= 15 is 0 Å². The SMILES string of the molecule is CC.CC.CC(=O)C1CCC(C(=O)N2CC3(CNC3)C2)CC1. The molecular formula is C18H34N2O2. The fourth-order valence-corrected chi connectivity index (χ4v) is 3.63. The smallest absolute Gasteiger partial charge is 0.225 e. The van der Waals surface area contributed by atoms with Crippen molar-refractivity contribution in [2.75, 3.05) is 26.2 Å². The molecule has 2 saturated heterocycles. The maximum absolute atomic E-state index is 12.3. The van der Waals surface area contributed by atoms with Crippen molar-refractivity contribution >= 4 is 11.7 Å². The third-order valence-corrected chi connectivity index (χ3v) is 5.02. The number of Topliss-reactive ketones (excluding diaryl/α,β-unsaturated/α-hetero) is 1. The van der Waals surface area contributed by atoms with E-state index in [9.17, 15) is 9.59 Å². The molecule has 3 fully saturated rings. The monoisotopic (exact) mass is 310 g/mol.